The molecule has 6 fully saturated rings. The van der Waals surface area contributed by atoms with Crippen LogP contribution in [0.25, 0.3) is 0 Å². The predicted octanol–water partition coefficient (Wildman–Crippen LogP) is 9.05. The summed E-state index contributed by atoms with van der Waals surface area (Å²) in [5.41, 5.74) is 2.11. The Morgan fingerprint density at radius 3 is 1.88 bits per heavy atom. The van der Waals surface area contributed by atoms with Gasteiger partial charge >= 0.3 is 17.9 Å². The van der Waals surface area contributed by atoms with Gasteiger partial charge in [-0.2, -0.15) is 0 Å². The van der Waals surface area contributed by atoms with Crippen LogP contribution in [-0.4, -0.2) is 42.5 Å². The molecule has 0 bridgehead atoms. The standard InChI is InChI=1S/C41H66O7/c1-24(12-13-30-34(45-25(2)42)35(46-26(3)43)36(48-30)47-27(4)44)28-16-21-38(7)29(28)17-22-40(9)32(38)14-15-33-39(8)20-11-19-37(5,6)31(39)18-23-41(33,40)10/h24,28-36H,11-23H2,1-10H3/t24-,28-,29+,30-,31+,32-,33-,34-,35-,36+,38+,39+,40-,41-/m1/s1. The van der Waals surface area contributed by atoms with Crippen molar-refractivity contribution in [2.24, 2.45) is 62.6 Å². The molecule has 0 aromatic carbocycles. The first kappa shape index (κ1) is 36.2. The average molecular weight is 671 g/mol. The Labute approximate surface area is 290 Å². The maximum atomic E-state index is 12.1. The zero-order valence-electron chi connectivity index (χ0n) is 31.8. The quantitative estimate of drug-likeness (QED) is 0.197. The highest BCUT2D eigenvalue weighted by Gasteiger charge is 2.70. The van der Waals surface area contributed by atoms with E-state index >= 15 is 0 Å². The third-order valence-electron chi connectivity index (χ3n) is 16.6. The van der Waals surface area contributed by atoms with Gasteiger partial charge in [0.05, 0.1) is 0 Å². The van der Waals surface area contributed by atoms with Gasteiger partial charge in [-0.1, -0.05) is 54.9 Å². The van der Waals surface area contributed by atoms with Crippen molar-refractivity contribution < 1.29 is 33.3 Å². The van der Waals surface area contributed by atoms with Gasteiger partial charge in [-0.15, -0.1) is 0 Å². The molecule has 48 heavy (non-hydrogen) atoms. The van der Waals surface area contributed by atoms with E-state index in [4.69, 9.17) is 18.9 Å². The molecule has 6 rings (SSSR count). The molecule has 1 heterocycles. The van der Waals surface area contributed by atoms with Crippen molar-refractivity contribution in [2.75, 3.05) is 0 Å². The minimum Gasteiger partial charge on any atom is -0.456 e. The summed E-state index contributed by atoms with van der Waals surface area (Å²) in [7, 11) is 0. The van der Waals surface area contributed by atoms with Crippen LogP contribution in [0.1, 0.15) is 153 Å². The second-order valence-electron chi connectivity index (χ2n) is 19.2. The minimum absolute atomic E-state index is 0.370. The fourth-order valence-corrected chi connectivity index (χ4v) is 14.5. The molecule has 0 aromatic heterocycles. The van der Waals surface area contributed by atoms with Crippen LogP contribution in [-0.2, 0) is 33.3 Å². The van der Waals surface area contributed by atoms with E-state index in [1.165, 1.54) is 91.4 Å². The van der Waals surface area contributed by atoms with Gasteiger partial charge in [0.2, 0.25) is 12.4 Å². The number of ether oxygens (including phenoxy) is 4. The second-order valence-corrected chi connectivity index (χ2v) is 19.2. The Balaban J connectivity index is 1.16. The Morgan fingerprint density at radius 1 is 0.667 bits per heavy atom. The normalized spacial score (nSPS) is 48.2. The van der Waals surface area contributed by atoms with Crippen molar-refractivity contribution in [2.45, 2.75) is 177 Å². The van der Waals surface area contributed by atoms with E-state index in [1.54, 1.807) is 0 Å². The van der Waals surface area contributed by atoms with Crippen molar-refractivity contribution in [1.82, 2.24) is 0 Å². The molecule has 0 radical (unpaired) electrons. The fourth-order valence-electron chi connectivity index (χ4n) is 14.5. The number of fused-ring (bicyclic) bond motifs is 7. The zero-order chi connectivity index (χ0) is 35.0. The first-order valence-electron chi connectivity index (χ1n) is 19.5. The molecule has 0 amide bonds. The van der Waals surface area contributed by atoms with Gasteiger partial charge in [-0.05, 0) is 140 Å². The van der Waals surface area contributed by atoms with Gasteiger partial charge in [0.15, 0.2) is 6.10 Å². The van der Waals surface area contributed by atoms with E-state index in [9.17, 15) is 14.4 Å². The van der Waals surface area contributed by atoms with Gasteiger partial charge in [0.25, 0.3) is 0 Å². The summed E-state index contributed by atoms with van der Waals surface area (Å²) in [4.78, 5) is 35.9. The largest absolute Gasteiger partial charge is 0.456 e. The molecule has 1 saturated heterocycles. The molecular formula is C41H66O7. The lowest BCUT2D eigenvalue weighted by atomic mass is 9.32. The first-order chi connectivity index (χ1) is 22.4. The zero-order valence-corrected chi connectivity index (χ0v) is 31.8. The average Bonchev–Trinajstić information content (AvgIpc) is 3.47. The van der Waals surface area contributed by atoms with E-state index < -0.39 is 42.5 Å². The molecule has 5 saturated carbocycles. The van der Waals surface area contributed by atoms with Crippen LogP contribution in [0.4, 0.5) is 0 Å². The van der Waals surface area contributed by atoms with E-state index in [-0.39, 0.29) is 0 Å². The maximum Gasteiger partial charge on any atom is 0.305 e. The van der Waals surface area contributed by atoms with Crippen LogP contribution in [0.3, 0.4) is 0 Å². The van der Waals surface area contributed by atoms with Crippen molar-refractivity contribution >= 4 is 17.9 Å². The topological polar surface area (TPSA) is 88.1 Å². The molecule has 14 atom stereocenters. The second kappa shape index (κ2) is 12.5. The number of hydrogen-bond acceptors (Lipinski definition) is 7. The number of carbonyl (C=O) groups is 3. The third-order valence-corrected chi connectivity index (χ3v) is 16.6. The van der Waals surface area contributed by atoms with Crippen molar-refractivity contribution in [3.63, 3.8) is 0 Å². The van der Waals surface area contributed by atoms with Gasteiger partial charge in [0.1, 0.15) is 6.10 Å². The Hall–Kier alpha value is -1.63. The molecule has 7 nitrogen and oxygen atoms in total. The summed E-state index contributed by atoms with van der Waals surface area (Å²) in [5.74, 6) is 2.79. The lowest BCUT2D eigenvalue weighted by Gasteiger charge is -2.73. The van der Waals surface area contributed by atoms with Crippen LogP contribution in [0, 0.1) is 62.6 Å². The van der Waals surface area contributed by atoms with Gasteiger partial charge in [-0.25, -0.2) is 0 Å². The molecule has 7 heteroatoms. The minimum atomic E-state index is -1.09. The molecule has 0 unspecified atom stereocenters. The first-order valence-corrected chi connectivity index (χ1v) is 19.5. The van der Waals surface area contributed by atoms with Crippen molar-refractivity contribution in [3.05, 3.63) is 0 Å². The molecule has 0 N–H and O–H groups in total. The van der Waals surface area contributed by atoms with E-state index in [2.05, 4.69) is 48.5 Å². The Kier molecular flexibility index (Phi) is 9.46. The number of esters is 3. The highest BCUT2D eigenvalue weighted by Crippen LogP contribution is 2.78. The number of carbonyl (C=O) groups excluding carboxylic acids is 3. The summed E-state index contributed by atoms with van der Waals surface area (Å²) in [5, 5.41) is 0. The summed E-state index contributed by atoms with van der Waals surface area (Å²) in [6.45, 7) is 22.4. The summed E-state index contributed by atoms with van der Waals surface area (Å²) in [6.07, 6.45) is 13.3. The molecule has 5 aliphatic carbocycles. The third kappa shape index (κ3) is 5.67. The summed E-state index contributed by atoms with van der Waals surface area (Å²) in [6, 6.07) is 0. The Bertz CT molecular complexity index is 1260. The SMILES string of the molecule is CC(=O)O[C@H]1O[C@H](CC[C@@H](C)[C@H]2CC[C@]3(C)[C@H]4CC[C@@H]5[C@@]6(C)CCCC(C)(C)[C@@H]6CC[C@@]5(C)[C@]4(C)CC[C@@H]23)[C@@H](OC(C)=O)[C@H]1OC(C)=O. The van der Waals surface area contributed by atoms with Crippen molar-refractivity contribution in [1.29, 1.82) is 0 Å². The lowest BCUT2D eigenvalue weighted by Crippen LogP contribution is -2.65. The van der Waals surface area contributed by atoms with Crippen LogP contribution in [0.15, 0.2) is 0 Å². The number of rotatable bonds is 7. The van der Waals surface area contributed by atoms with Crippen LogP contribution < -0.4 is 0 Å². The van der Waals surface area contributed by atoms with Gasteiger partial charge < -0.3 is 18.9 Å². The fraction of sp³-hybridized carbons (Fsp3) is 0.927. The molecule has 1 aliphatic heterocycles. The van der Waals surface area contributed by atoms with Gasteiger partial charge in [0, 0.05) is 20.8 Å². The molecule has 0 spiro atoms. The van der Waals surface area contributed by atoms with Crippen LogP contribution >= 0.6 is 0 Å². The predicted molar refractivity (Wildman–Crippen MR) is 184 cm³/mol. The van der Waals surface area contributed by atoms with Crippen LogP contribution in [0.2, 0.25) is 0 Å². The van der Waals surface area contributed by atoms with Crippen LogP contribution in [0.5, 0.6) is 0 Å². The van der Waals surface area contributed by atoms with Crippen molar-refractivity contribution in [3.8, 4) is 0 Å². The van der Waals surface area contributed by atoms with E-state index in [0.717, 1.165) is 30.1 Å². The van der Waals surface area contributed by atoms with E-state index in [0.29, 0.717) is 45.3 Å². The summed E-state index contributed by atoms with van der Waals surface area (Å²) < 4.78 is 22.7. The molecule has 272 valence electrons. The highest BCUT2D eigenvalue weighted by molar-refractivity contribution is 5.68. The molecular weight excluding hydrogens is 604 g/mol. The maximum absolute atomic E-state index is 12.1. The molecule has 6 aliphatic rings. The lowest BCUT2D eigenvalue weighted by molar-refractivity contribution is -0.241. The molecule has 0 aromatic rings. The summed E-state index contributed by atoms with van der Waals surface area (Å²) >= 11 is 0. The monoisotopic (exact) mass is 670 g/mol. The van der Waals surface area contributed by atoms with E-state index in [1.807, 2.05) is 0 Å². The number of hydrogen-bond donors (Lipinski definition) is 0. The van der Waals surface area contributed by atoms with Gasteiger partial charge in [-0.3, -0.25) is 14.4 Å². The smallest absolute Gasteiger partial charge is 0.305 e. The Morgan fingerprint density at radius 2 is 1.25 bits per heavy atom. The highest BCUT2D eigenvalue weighted by atomic mass is 16.7.